The summed E-state index contributed by atoms with van der Waals surface area (Å²) in [5, 5.41) is 6.67. The minimum absolute atomic E-state index is 0.00114. The summed E-state index contributed by atoms with van der Waals surface area (Å²) in [6.07, 6.45) is 2.63. The van der Waals surface area contributed by atoms with E-state index in [1.54, 1.807) is 6.21 Å². The highest BCUT2D eigenvalue weighted by Crippen LogP contribution is 2.47. The van der Waals surface area contributed by atoms with Crippen LogP contribution < -0.4 is 5.43 Å². The Bertz CT molecular complexity index is 1220. The molecule has 1 amide bonds. The minimum atomic E-state index is -0.00114. The first kappa shape index (κ1) is 17.7. The van der Waals surface area contributed by atoms with Gasteiger partial charge >= 0.3 is 0 Å². The number of para-hydroxylation sites is 1. The molecule has 2 atom stereocenters. The Labute approximate surface area is 169 Å². The van der Waals surface area contributed by atoms with Crippen LogP contribution in [0.25, 0.3) is 21.8 Å². The molecule has 1 aromatic heterocycles. The molecule has 0 unspecified atom stereocenters. The number of aromatic nitrogens is 1. The third-order valence-corrected chi connectivity index (χ3v) is 5.86. The summed E-state index contributed by atoms with van der Waals surface area (Å²) in [5.74, 6) is 0.348. The molecule has 29 heavy (non-hydrogen) atoms. The van der Waals surface area contributed by atoms with Gasteiger partial charge in [-0.3, -0.25) is 4.79 Å². The highest BCUT2D eigenvalue weighted by Gasteiger charge is 2.43. The van der Waals surface area contributed by atoms with Crippen molar-refractivity contribution in [2.45, 2.75) is 25.8 Å². The van der Waals surface area contributed by atoms with E-state index in [4.69, 9.17) is 0 Å². The lowest BCUT2D eigenvalue weighted by molar-refractivity contribution is -0.122. The van der Waals surface area contributed by atoms with Crippen LogP contribution in [0.4, 0.5) is 0 Å². The van der Waals surface area contributed by atoms with Crippen molar-refractivity contribution in [2.75, 3.05) is 0 Å². The van der Waals surface area contributed by atoms with Gasteiger partial charge in [0.1, 0.15) is 0 Å². The fourth-order valence-electron chi connectivity index (χ4n) is 4.30. The molecule has 1 fully saturated rings. The molecule has 3 aromatic carbocycles. The van der Waals surface area contributed by atoms with Crippen LogP contribution in [0, 0.1) is 5.92 Å². The van der Waals surface area contributed by atoms with Gasteiger partial charge < -0.3 is 4.57 Å². The maximum atomic E-state index is 12.4. The Balaban J connectivity index is 1.32. The summed E-state index contributed by atoms with van der Waals surface area (Å²) >= 11 is 0. The summed E-state index contributed by atoms with van der Waals surface area (Å²) in [7, 11) is 0. The molecule has 1 aliphatic carbocycles. The van der Waals surface area contributed by atoms with Crippen LogP contribution in [0.1, 0.15) is 30.4 Å². The van der Waals surface area contributed by atoms with Gasteiger partial charge in [-0.15, -0.1) is 0 Å². The zero-order chi connectivity index (χ0) is 19.8. The van der Waals surface area contributed by atoms with Crippen LogP contribution in [0.5, 0.6) is 0 Å². The monoisotopic (exact) mass is 381 g/mol. The van der Waals surface area contributed by atoms with Gasteiger partial charge in [-0.1, -0.05) is 54.6 Å². The van der Waals surface area contributed by atoms with Crippen molar-refractivity contribution in [3.05, 3.63) is 83.9 Å². The van der Waals surface area contributed by atoms with Gasteiger partial charge in [0.25, 0.3) is 0 Å². The van der Waals surface area contributed by atoms with Crippen molar-refractivity contribution in [2.24, 2.45) is 11.0 Å². The van der Waals surface area contributed by atoms with Gasteiger partial charge in [-0.05, 0) is 48.6 Å². The number of carbonyl (C=O) groups excluding carboxylic acids is 1. The van der Waals surface area contributed by atoms with E-state index >= 15 is 0 Å². The van der Waals surface area contributed by atoms with Crippen molar-refractivity contribution in [3.8, 4) is 0 Å². The van der Waals surface area contributed by atoms with Crippen molar-refractivity contribution >= 4 is 33.9 Å². The van der Waals surface area contributed by atoms with E-state index in [0.29, 0.717) is 5.92 Å². The van der Waals surface area contributed by atoms with Crippen molar-refractivity contribution in [1.82, 2.24) is 9.99 Å². The molecule has 0 spiro atoms. The first-order valence-corrected chi connectivity index (χ1v) is 10.1. The normalized spacial score (nSPS) is 18.5. The molecule has 0 aliphatic heterocycles. The van der Waals surface area contributed by atoms with Crippen molar-refractivity contribution < 1.29 is 4.79 Å². The predicted molar refractivity (Wildman–Crippen MR) is 118 cm³/mol. The smallest absolute Gasteiger partial charge is 0.243 e. The van der Waals surface area contributed by atoms with Crippen LogP contribution in [0.15, 0.2) is 77.9 Å². The van der Waals surface area contributed by atoms with E-state index < -0.39 is 0 Å². The zero-order valence-corrected chi connectivity index (χ0v) is 16.4. The highest BCUT2D eigenvalue weighted by atomic mass is 16.2. The first-order valence-electron chi connectivity index (χ1n) is 10.1. The Morgan fingerprint density at radius 2 is 1.79 bits per heavy atom. The largest absolute Gasteiger partial charge is 0.341 e. The number of nitrogens with one attached hydrogen (secondary N) is 1. The number of hydrazone groups is 1. The summed E-state index contributed by atoms with van der Waals surface area (Å²) in [6.45, 7) is 3.09. The van der Waals surface area contributed by atoms with Gasteiger partial charge in [0.05, 0.1) is 6.21 Å². The van der Waals surface area contributed by atoms with Gasteiger partial charge in [-0.2, -0.15) is 5.10 Å². The summed E-state index contributed by atoms with van der Waals surface area (Å²) in [6, 6.07) is 25.0. The number of aryl methyl sites for hydroxylation is 1. The van der Waals surface area contributed by atoms with Gasteiger partial charge in [-0.25, -0.2) is 5.43 Å². The van der Waals surface area contributed by atoms with E-state index in [9.17, 15) is 4.79 Å². The molecule has 1 aliphatic rings. The average Bonchev–Trinajstić information content (AvgIpc) is 3.51. The van der Waals surface area contributed by atoms with Crippen LogP contribution in [0.3, 0.4) is 0 Å². The molecule has 4 aromatic rings. The molecule has 4 heteroatoms. The standard InChI is InChI=1S/C25H23N3O/c1-2-28-23-11-7-6-10-19(23)21-14-17(12-13-24(21)28)16-26-27-25(29)22-15-20(22)18-8-4-3-5-9-18/h3-14,16,20,22H,2,15H2,1H3,(H,27,29)/t20-,22-/m1/s1. The molecule has 0 bridgehead atoms. The van der Waals surface area contributed by atoms with E-state index in [1.807, 2.05) is 24.3 Å². The van der Waals surface area contributed by atoms with E-state index in [2.05, 4.69) is 70.5 Å². The Hall–Kier alpha value is -3.40. The van der Waals surface area contributed by atoms with Gasteiger partial charge in [0, 0.05) is 34.3 Å². The second kappa shape index (κ2) is 7.21. The highest BCUT2D eigenvalue weighted by molar-refractivity contribution is 6.09. The molecule has 0 radical (unpaired) electrons. The molecular weight excluding hydrogens is 358 g/mol. The molecule has 0 saturated heterocycles. The SMILES string of the molecule is CCn1c2ccccc2c2cc(C=NNC(=O)[C@@H]3C[C@@H]3c3ccccc3)ccc21. The Morgan fingerprint density at radius 1 is 1.03 bits per heavy atom. The van der Waals surface area contributed by atoms with Crippen LogP contribution in [0.2, 0.25) is 0 Å². The molecule has 4 nitrogen and oxygen atoms in total. The average molecular weight is 381 g/mol. The first-order chi connectivity index (χ1) is 14.3. The molecule has 1 N–H and O–H groups in total. The molecule has 1 heterocycles. The molecular formula is C25H23N3O. The quantitative estimate of drug-likeness (QED) is 0.381. The topological polar surface area (TPSA) is 46.4 Å². The van der Waals surface area contributed by atoms with E-state index in [1.165, 1.54) is 27.4 Å². The number of hydrogen-bond donors (Lipinski definition) is 1. The maximum absolute atomic E-state index is 12.4. The zero-order valence-electron chi connectivity index (χ0n) is 16.4. The van der Waals surface area contributed by atoms with Gasteiger partial charge in [0.15, 0.2) is 0 Å². The number of rotatable bonds is 5. The number of benzene rings is 3. The minimum Gasteiger partial charge on any atom is -0.341 e. The maximum Gasteiger partial charge on any atom is 0.243 e. The molecule has 1 saturated carbocycles. The third kappa shape index (κ3) is 3.21. The summed E-state index contributed by atoms with van der Waals surface area (Å²) in [4.78, 5) is 12.4. The lowest BCUT2D eigenvalue weighted by atomic mass is 10.1. The lowest BCUT2D eigenvalue weighted by Crippen LogP contribution is -2.20. The number of amides is 1. The second-order valence-electron chi connectivity index (χ2n) is 7.63. The molecule has 144 valence electrons. The predicted octanol–water partition coefficient (Wildman–Crippen LogP) is 5.07. The summed E-state index contributed by atoms with van der Waals surface area (Å²) < 4.78 is 2.32. The number of nitrogens with zero attached hydrogens (tertiary/aromatic N) is 2. The van der Waals surface area contributed by atoms with Crippen LogP contribution >= 0.6 is 0 Å². The number of fused-ring (bicyclic) bond motifs is 3. The molecule has 5 rings (SSSR count). The number of carbonyl (C=O) groups is 1. The van der Waals surface area contributed by atoms with Crippen molar-refractivity contribution in [3.63, 3.8) is 0 Å². The van der Waals surface area contributed by atoms with Crippen LogP contribution in [-0.2, 0) is 11.3 Å². The fourth-order valence-corrected chi connectivity index (χ4v) is 4.30. The fraction of sp³-hybridized carbons (Fsp3) is 0.200. The van der Waals surface area contributed by atoms with Crippen molar-refractivity contribution in [1.29, 1.82) is 0 Å². The van der Waals surface area contributed by atoms with Gasteiger partial charge in [0.2, 0.25) is 5.91 Å². The summed E-state index contributed by atoms with van der Waals surface area (Å²) in [5.41, 5.74) is 7.39. The second-order valence-corrected chi connectivity index (χ2v) is 7.63. The lowest BCUT2D eigenvalue weighted by Gasteiger charge is -2.03. The Kier molecular flexibility index (Phi) is 4.39. The number of hydrogen-bond acceptors (Lipinski definition) is 2. The van der Waals surface area contributed by atoms with E-state index in [-0.39, 0.29) is 11.8 Å². The third-order valence-electron chi connectivity index (χ3n) is 5.86. The Morgan fingerprint density at radius 3 is 2.62 bits per heavy atom. The van der Waals surface area contributed by atoms with E-state index in [0.717, 1.165) is 18.5 Å². The van der Waals surface area contributed by atoms with Crippen LogP contribution in [-0.4, -0.2) is 16.7 Å².